The second kappa shape index (κ2) is 9.06. The molecule has 1 N–H and O–H groups in total. The van der Waals surface area contributed by atoms with Crippen LogP contribution in [0.4, 0.5) is 0 Å². The Labute approximate surface area is 172 Å². The van der Waals surface area contributed by atoms with Crippen molar-refractivity contribution in [2.24, 2.45) is 17.8 Å². The van der Waals surface area contributed by atoms with Crippen molar-refractivity contribution in [2.75, 3.05) is 13.2 Å². The number of Topliss-reactive ketones (excluding diaryl/α,β-unsaturated/α-hetero) is 1. The zero-order chi connectivity index (χ0) is 21.8. The van der Waals surface area contributed by atoms with Gasteiger partial charge >= 0.3 is 5.97 Å². The van der Waals surface area contributed by atoms with Crippen LogP contribution in [-0.2, 0) is 19.1 Å². The Kier molecular flexibility index (Phi) is 6.49. The summed E-state index contributed by atoms with van der Waals surface area (Å²) in [5.41, 5.74) is 0.708. The number of furan rings is 1. The maximum atomic E-state index is 12.1. The average molecular weight is 416 g/mol. The minimum atomic E-state index is -0.740. The summed E-state index contributed by atoms with van der Waals surface area (Å²) in [5.74, 6) is -2.23. The Bertz CT molecular complexity index is 934. The molecule has 1 saturated carbocycles. The molecule has 1 amide bonds. The first-order valence-corrected chi connectivity index (χ1v) is 9.82. The highest BCUT2D eigenvalue weighted by Crippen LogP contribution is 2.36. The second-order valence-electron chi connectivity index (χ2n) is 7.77. The summed E-state index contributed by atoms with van der Waals surface area (Å²) in [6.07, 6.45) is -0.0416. The molecule has 1 aliphatic carbocycles. The Balaban J connectivity index is 1.49. The molecule has 1 aromatic carbocycles. The van der Waals surface area contributed by atoms with Gasteiger partial charge in [0.2, 0.25) is 6.54 Å². The summed E-state index contributed by atoms with van der Waals surface area (Å²) in [5, 5.41) is 14.5. The third-order valence-electron chi connectivity index (χ3n) is 5.54. The molecule has 9 nitrogen and oxygen atoms in total. The third-order valence-corrected chi connectivity index (χ3v) is 5.54. The van der Waals surface area contributed by atoms with E-state index in [2.05, 4.69) is 5.32 Å². The van der Waals surface area contributed by atoms with Crippen molar-refractivity contribution in [1.82, 2.24) is 5.32 Å². The van der Waals surface area contributed by atoms with Gasteiger partial charge in [-0.05, 0) is 25.0 Å². The fourth-order valence-electron chi connectivity index (χ4n) is 3.95. The molecule has 1 fully saturated rings. The number of ether oxygens (including phenoxy) is 1. The first kappa shape index (κ1) is 21.5. The molecule has 0 unspecified atom stereocenters. The molecule has 0 radical (unpaired) electrons. The Morgan fingerprint density at radius 1 is 1.37 bits per heavy atom. The fraction of sp³-hybridized carbons (Fsp3) is 0.476. The number of amides is 1. The van der Waals surface area contributed by atoms with Crippen molar-refractivity contribution in [3.05, 3.63) is 46.2 Å². The van der Waals surface area contributed by atoms with Crippen molar-refractivity contribution in [1.29, 1.82) is 0 Å². The molecule has 4 atom stereocenters. The number of para-hydroxylation sites is 1. The molecule has 9 heteroatoms. The predicted molar refractivity (Wildman–Crippen MR) is 106 cm³/mol. The number of hydrogen-bond donors (Lipinski definition) is 1. The van der Waals surface area contributed by atoms with Crippen molar-refractivity contribution in [2.45, 2.75) is 32.7 Å². The molecule has 0 spiro atoms. The molecule has 1 heterocycles. The predicted octanol–water partition coefficient (Wildman–Crippen LogP) is 2.66. The molecule has 1 aromatic heterocycles. The number of hydrogen-bond acceptors (Lipinski definition) is 7. The topological polar surface area (TPSA) is 129 Å². The molecule has 3 rings (SSSR count). The van der Waals surface area contributed by atoms with Crippen molar-refractivity contribution in [3.63, 3.8) is 0 Å². The van der Waals surface area contributed by atoms with Crippen LogP contribution in [0.3, 0.4) is 0 Å². The number of carbonyl (C=O) groups excluding carboxylic acids is 3. The number of nitro groups is 1. The Morgan fingerprint density at radius 3 is 2.80 bits per heavy atom. The van der Waals surface area contributed by atoms with Crippen molar-refractivity contribution in [3.8, 4) is 0 Å². The van der Waals surface area contributed by atoms with Crippen LogP contribution < -0.4 is 5.32 Å². The lowest BCUT2D eigenvalue weighted by Crippen LogP contribution is -2.32. The van der Waals surface area contributed by atoms with E-state index in [-0.39, 0.29) is 31.1 Å². The van der Waals surface area contributed by atoms with Crippen LogP contribution in [0.25, 0.3) is 11.0 Å². The number of fused-ring (bicyclic) bond motifs is 1. The van der Waals surface area contributed by atoms with Gasteiger partial charge in [-0.1, -0.05) is 25.1 Å². The molecule has 2 aromatic rings. The number of carbonyl (C=O) groups is 3. The van der Waals surface area contributed by atoms with E-state index >= 15 is 0 Å². The van der Waals surface area contributed by atoms with Crippen LogP contribution in [0.5, 0.6) is 0 Å². The molecule has 0 saturated heterocycles. The zero-order valence-corrected chi connectivity index (χ0v) is 16.8. The largest absolute Gasteiger partial charge is 0.459 e. The van der Waals surface area contributed by atoms with Crippen LogP contribution in [-0.4, -0.2) is 35.7 Å². The number of rotatable bonds is 8. The summed E-state index contributed by atoms with van der Waals surface area (Å²) < 4.78 is 10.7. The van der Waals surface area contributed by atoms with E-state index in [0.29, 0.717) is 11.3 Å². The lowest BCUT2D eigenvalue weighted by Gasteiger charge is -2.17. The molecule has 0 aliphatic heterocycles. The maximum absolute atomic E-state index is 12.1. The van der Waals surface area contributed by atoms with Crippen LogP contribution in [0.1, 0.15) is 38.5 Å². The van der Waals surface area contributed by atoms with Crippen LogP contribution >= 0.6 is 0 Å². The standard InChI is InChI=1S/C21H24N2O7/c1-12-7-17(24)15(16(12)10-23(27)28)9-21(26)29-11-20(25)22-13(2)19-8-14-5-3-4-6-18(14)30-19/h3-6,8,12-13,15-16H,7,9-11H2,1-2H3,(H,22,25)/t12-,13+,15+,16-/m1/s1. The SMILES string of the molecule is C[C@H](NC(=O)COC(=O)C[C@@H]1C(=O)C[C@@H](C)[C@H]1C[N+](=O)[O-])c1cc2ccccc2o1. The van der Waals surface area contributed by atoms with Crippen molar-refractivity contribution < 1.29 is 28.5 Å². The van der Waals surface area contributed by atoms with Gasteiger partial charge in [-0.2, -0.15) is 0 Å². The fourth-order valence-corrected chi connectivity index (χ4v) is 3.95. The highest BCUT2D eigenvalue weighted by molar-refractivity contribution is 5.88. The van der Waals surface area contributed by atoms with Gasteiger partial charge in [0.05, 0.1) is 12.5 Å². The summed E-state index contributed by atoms with van der Waals surface area (Å²) in [6.45, 7) is 2.66. The first-order chi connectivity index (χ1) is 14.2. The molecule has 160 valence electrons. The summed E-state index contributed by atoms with van der Waals surface area (Å²) in [6, 6.07) is 8.86. The Hall–Kier alpha value is -3.23. The third kappa shape index (κ3) is 5.03. The number of ketones is 1. The molecule has 0 bridgehead atoms. The monoisotopic (exact) mass is 416 g/mol. The van der Waals surface area contributed by atoms with Crippen LogP contribution in [0.2, 0.25) is 0 Å². The van der Waals surface area contributed by atoms with E-state index in [1.54, 1.807) is 13.8 Å². The average Bonchev–Trinajstić information content (AvgIpc) is 3.22. The van der Waals surface area contributed by atoms with Crippen molar-refractivity contribution >= 4 is 28.6 Å². The minimum Gasteiger partial charge on any atom is -0.459 e. The van der Waals surface area contributed by atoms with Gasteiger partial charge in [0.15, 0.2) is 6.61 Å². The van der Waals surface area contributed by atoms with Crippen LogP contribution in [0, 0.1) is 27.9 Å². The van der Waals surface area contributed by atoms with E-state index in [1.807, 2.05) is 30.3 Å². The van der Waals surface area contributed by atoms with Gasteiger partial charge in [0, 0.05) is 28.6 Å². The zero-order valence-electron chi connectivity index (χ0n) is 16.8. The van der Waals surface area contributed by atoms with E-state index in [9.17, 15) is 24.5 Å². The first-order valence-electron chi connectivity index (χ1n) is 9.82. The maximum Gasteiger partial charge on any atom is 0.307 e. The lowest BCUT2D eigenvalue weighted by molar-refractivity contribution is -0.490. The Morgan fingerprint density at radius 2 is 2.10 bits per heavy atom. The van der Waals surface area contributed by atoms with Gasteiger partial charge in [-0.3, -0.25) is 24.5 Å². The summed E-state index contributed by atoms with van der Waals surface area (Å²) >= 11 is 0. The van der Waals surface area contributed by atoms with E-state index in [0.717, 1.165) is 5.39 Å². The lowest BCUT2D eigenvalue weighted by atomic mass is 9.88. The smallest absolute Gasteiger partial charge is 0.307 e. The van der Waals surface area contributed by atoms with E-state index in [1.165, 1.54) is 0 Å². The normalized spacial score (nSPS) is 22.1. The molecule has 1 aliphatic rings. The number of nitrogens with one attached hydrogen (secondary N) is 1. The van der Waals surface area contributed by atoms with Gasteiger partial charge in [0.25, 0.3) is 5.91 Å². The number of nitrogens with zero attached hydrogens (tertiary/aromatic N) is 1. The summed E-state index contributed by atoms with van der Waals surface area (Å²) in [7, 11) is 0. The quantitative estimate of drug-likeness (QED) is 0.398. The highest BCUT2D eigenvalue weighted by Gasteiger charge is 2.44. The number of benzene rings is 1. The number of esters is 1. The molecular weight excluding hydrogens is 392 g/mol. The van der Waals surface area contributed by atoms with E-state index < -0.39 is 41.3 Å². The highest BCUT2D eigenvalue weighted by atomic mass is 16.6. The van der Waals surface area contributed by atoms with Gasteiger partial charge in [-0.25, -0.2) is 0 Å². The molecular formula is C21H24N2O7. The van der Waals surface area contributed by atoms with Gasteiger partial charge in [-0.15, -0.1) is 0 Å². The van der Waals surface area contributed by atoms with Crippen LogP contribution in [0.15, 0.2) is 34.7 Å². The summed E-state index contributed by atoms with van der Waals surface area (Å²) in [4.78, 5) is 46.7. The van der Waals surface area contributed by atoms with Gasteiger partial charge < -0.3 is 14.5 Å². The molecule has 30 heavy (non-hydrogen) atoms. The second-order valence-corrected chi connectivity index (χ2v) is 7.77. The van der Waals surface area contributed by atoms with E-state index in [4.69, 9.17) is 9.15 Å². The van der Waals surface area contributed by atoms with Gasteiger partial charge in [0.1, 0.15) is 17.1 Å². The minimum absolute atomic E-state index is 0.159.